The molecule has 4 nitrogen and oxygen atoms in total. The van der Waals surface area contributed by atoms with Crippen molar-refractivity contribution >= 4 is 38.0 Å². The van der Waals surface area contributed by atoms with Crippen LogP contribution >= 0.6 is 22.7 Å². The summed E-state index contributed by atoms with van der Waals surface area (Å²) in [6.45, 7) is 8.01. The van der Waals surface area contributed by atoms with Crippen molar-refractivity contribution in [3.63, 3.8) is 0 Å². The Balaban J connectivity index is 1.69. The van der Waals surface area contributed by atoms with Crippen LogP contribution in [0.2, 0.25) is 0 Å². The summed E-state index contributed by atoms with van der Waals surface area (Å²) in [4.78, 5) is 21.2. The number of fused-ring (bicyclic) bond motifs is 1. The zero-order valence-corrected chi connectivity index (χ0v) is 14.7. The first-order chi connectivity index (χ1) is 10.4. The van der Waals surface area contributed by atoms with Gasteiger partial charge in [-0.25, -0.2) is 4.98 Å². The zero-order valence-electron chi connectivity index (χ0n) is 13.1. The van der Waals surface area contributed by atoms with Gasteiger partial charge in [-0.15, -0.1) is 22.7 Å². The molecule has 1 atom stereocenters. The molecule has 0 aliphatic heterocycles. The third-order valence-electron chi connectivity index (χ3n) is 3.73. The first-order valence-corrected chi connectivity index (χ1v) is 8.92. The average Bonchev–Trinajstić information content (AvgIpc) is 3.07. The minimum absolute atomic E-state index is 0.0324. The monoisotopic (exact) mass is 333 g/mol. The molecule has 22 heavy (non-hydrogen) atoms. The molecule has 0 bridgehead atoms. The van der Waals surface area contributed by atoms with Crippen molar-refractivity contribution in [2.75, 3.05) is 0 Å². The molecule has 116 valence electrons. The molecule has 0 radical (unpaired) electrons. The minimum atomic E-state index is -0.112. The molecule has 0 spiro atoms. The van der Waals surface area contributed by atoms with Gasteiger partial charge in [-0.05, 0) is 44.7 Å². The van der Waals surface area contributed by atoms with Crippen LogP contribution in [0.25, 0.3) is 9.40 Å². The number of hydrogen-bond donors (Lipinski definition) is 2. The molecular weight excluding hydrogens is 314 g/mol. The summed E-state index contributed by atoms with van der Waals surface area (Å²) in [6, 6.07) is 2.07. The Morgan fingerprint density at radius 1 is 1.41 bits per heavy atom. The van der Waals surface area contributed by atoms with E-state index in [4.69, 9.17) is 0 Å². The predicted molar refractivity (Wildman–Crippen MR) is 92.8 cm³/mol. The number of rotatable bonds is 4. The predicted octanol–water partition coefficient (Wildman–Crippen LogP) is 4.03. The molecule has 3 aromatic rings. The first-order valence-electron chi connectivity index (χ1n) is 7.23. The summed E-state index contributed by atoms with van der Waals surface area (Å²) in [5, 5.41) is 5.11. The lowest BCUT2D eigenvalue weighted by Crippen LogP contribution is -2.28. The van der Waals surface area contributed by atoms with Crippen molar-refractivity contribution in [1.82, 2.24) is 15.3 Å². The van der Waals surface area contributed by atoms with Gasteiger partial charge in [0.05, 0.1) is 18.2 Å². The molecular formula is C16H19N3OS2. The largest absolute Gasteiger partial charge is 0.346 e. The Morgan fingerprint density at radius 3 is 2.86 bits per heavy atom. The fourth-order valence-corrected chi connectivity index (χ4v) is 4.72. The van der Waals surface area contributed by atoms with Crippen LogP contribution in [0, 0.1) is 20.8 Å². The Kier molecular flexibility index (Phi) is 4.06. The molecule has 1 amide bonds. The van der Waals surface area contributed by atoms with E-state index in [2.05, 4.69) is 33.7 Å². The highest BCUT2D eigenvalue weighted by atomic mass is 32.1. The summed E-state index contributed by atoms with van der Waals surface area (Å²) in [5.74, 6) is 0.843. The van der Waals surface area contributed by atoms with Gasteiger partial charge in [0.15, 0.2) is 0 Å². The number of imidazole rings is 1. The minimum Gasteiger partial charge on any atom is -0.346 e. The molecule has 0 aliphatic carbocycles. The van der Waals surface area contributed by atoms with E-state index in [1.54, 1.807) is 22.7 Å². The molecule has 0 aromatic carbocycles. The van der Waals surface area contributed by atoms with Crippen LogP contribution < -0.4 is 5.32 Å². The molecule has 0 fully saturated rings. The fourth-order valence-electron chi connectivity index (χ4n) is 2.43. The highest BCUT2D eigenvalue weighted by Gasteiger charge is 2.16. The second kappa shape index (κ2) is 5.85. The van der Waals surface area contributed by atoms with Gasteiger partial charge in [0.2, 0.25) is 5.91 Å². The topological polar surface area (TPSA) is 57.8 Å². The number of thiophene rings is 2. The summed E-state index contributed by atoms with van der Waals surface area (Å²) in [6.07, 6.45) is 0.420. The van der Waals surface area contributed by atoms with Crippen molar-refractivity contribution in [3.05, 3.63) is 39.1 Å². The number of H-pyrrole nitrogens is 1. The van der Waals surface area contributed by atoms with E-state index in [9.17, 15) is 4.79 Å². The number of aromatic amines is 1. The standard InChI is InChI=1S/C16H19N3OS2/c1-8-5-13-15(22-8)12(7-21-13)6-14(20)17-11(4)16-18-9(2)10(3)19-16/h5,7,11H,6H2,1-4H3,(H,17,20)(H,18,19). The Bertz CT molecular complexity index is 808. The number of aromatic nitrogens is 2. The summed E-state index contributed by atoms with van der Waals surface area (Å²) < 4.78 is 2.52. The van der Waals surface area contributed by atoms with Crippen molar-refractivity contribution in [2.24, 2.45) is 0 Å². The number of nitrogens with one attached hydrogen (secondary N) is 2. The van der Waals surface area contributed by atoms with Crippen LogP contribution in [0.1, 0.15) is 40.6 Å². The maximum atomic E-state index is 12.3. The van der Waals surface area contributed by atoms with Crippen LogP contribution in [0.3, 0.4) is 0 Å². The highest BCUT2D eigenvalue weighted by Crippen LogP contribution is 2.33. The number of nitrogens with zero attached hydrogens (tertiary/aromatic N) is 1. The zero-order chi connectivity index (χ0) is 15.9. The SMILES string of the molecule is Cc1cc2scc(CC(=O)NC(C)c3nc(C)c(C)[nH]3)c2s1. The van der Waals surface area contributed by atoms with Gasteiger partial charge in [-0.1, -0.05) is 0 Å². The normalized spacial score (nSPS) is 12.7. The lowest BCUT2D eigenvalue weighted by atomic mass is 10.2. The van der Waals surface area contributed by atoms with Gasteiger partial charge >= 0.3 is 0 Å². The van der Waals surface area contributed by atoms with Gasteiger partial charge in [0, 0.05) is 20.0 Å². The van der Waals surface area contributed by atoms with Crippen molar-refractivity contribution in [3.8, 4) is 0 Å². The van der Waals surface area contributed by atoms with Crippen LogP contribution in [-0.4, -0.2) is 15.9 Å². The van der Waals surface area contributed by atoms with Gasteiger partial charge < -0.3 is 10.3 Å². The van der Waals surface area contributed by atoms with Crippen molar-refractivity contribution in [1.29, 1.82) is 0 Å². The van der Waals surface area contributed by atoms with E-state index in [1.807, 2.05) is 20.8 Å². The van der Waals surface area contributed by atoms with Gasteiger partial charge in [0.1, 0.15) is 5.82 Å². The number of amides is 1. The second-order valence-corrected chi connectivity index (χ2v) is 7.78. The van der Waals surface area contributed by atoms with Crippen molar-refractivity contribution in [2.45, 2.75) is 40.2 Å². The maximum absolute atomic E-state index is 12.3. The average molecular weight is 333 g/mol. The van der Waals surface area contributed by atoms with Crippen LogP contribution in [0.4, 0.5) is 0 Å². The molecule has 6 heteroatoms. The third-order valence-corrected chi connectivity index (χ3v) is 5.96. The fraction of sp³-hybridized carbons (Fsp3) is 0.375. The van der Waals surface area contributed by atoms with Gasteiger partial charge in [-0.3, -0.25) is 4.79 Å². The molecule has 0 saturated heterocycles. The summed E-state index contributed by atoms with van der Waals surface area (Å²) in [7, 11) is 0. The van der Waals surface area contributed by atoms with E-state index in [0.29, 0.717) is 6.42 Å². The molecule has 3 rings (SSSR count). The number of aryl methyl sites for hydroxylation is 3. The smallest absolute Gasteiger partial charge is 0.225 e. The third kappa shape index (κ3) is 2.94. The first kappa shape index (κ1) is 15.2. The van der Waals surface area contributed by atoms with E-state index in [1.165, 1.54) is 14.3 Å². The number of carbonyl (C=O) groups is 1. The summed E-state index contributed by atoms with van der Waals surface area (Å²) in [5.41, 5.74) is 3.14. The number of hydrogen-bond acceptors (Lipinski definition) is 4. The molecule has 2 N–H and O–H groups in total. The lowest BCUT2D eigenvalue weighted by Gasteiger charge is -2.11. The van der Waals surface area contributed by atoms with E-state index in [-0.39, 0.29) is 11.9 Å². The maximum Gasteiger partial charge on any atom is 0.225 e. The van der Waals surface area contributed by atoms with E-state index < -0.39 is 0 Å². The van der Waals surface area contributed by atoms with Crippen LogP contribution in [0.5, 0.6) is 0 Å². The van der Waals surface area contributed by atoms with Crippen molar-refractivity contribution < 1.29 is 4.79 Å². The molecule has 0 saturated carbocycles. The number of carbonyl (C=O) groups excluding carboxylic acids is 1. The quantitative estimate of drug-likeness (QED) is 0.757. The highest BCUT2D eigenvalue weighted by molar-refractivity contribution is 7.27. The Labute approximate surface area is 137 Å². The Morgan fingerprint density at radius 2 is 2.18 bits per heavy atom. The molecule has 3 aromatic heterocycles. The second-order valence-electron chi connectivity index (χ2n) is 5.61. The molecule has 0 aliphatic rings. The molecule has 1 unspecified atom stereocenters. The van der Waals surface area contributed by atoms with Crippen LogP contribution in [0.15, 0.2) is 11.4 Å². The van der Waals surface area contributed by atoms with E-state index >= 15 is 0 Å². The van der Waals surface area contributed by atoms with Gasteiger partial charge in [-0.2, -0.15) is 0 Å². The Hall–Kier alpha value is -1.66. The van der Waals surface area contributed by atoms with Crippen LogP contribution in [-0.2, 0) is 11.2 Å². The van der Waals surface area contributed by atoms with Gasteiger partial charge in [0.25, 0.3) is 0 Å². The molecule has 3 heterocycles. The summed E-state index contributed by atoms with van der Waals surface area (Å²) >= 11 is 3.47. The lowest BCUT2D eigenvalue weighted by molar-refractivity contribution is -0.121. The van der Waals surface area contributed by atoms with E-state index in [0.717, 1.165) is 22.8 Å².